The summed E-state index contributed by atoms with van der Waals surface area (Å²) in [6, 6.07) is 10.5. The number of nitrogens with zero attached hydrogens (tertiary/aromatic N) is 2. The van der Waals surface area contributed by atoms with Gasteiger partial charge in [0, 0.05) is 44.1 Å². The van der Waals surface area contributed by atoms with Gasteiger partial charge in [0.25, 0.3) is 11.8 Å². The van der Waals surface area contributed by atoms with E-state index in [1.165, 1.54) is 19.3 Å². The first-order valence-corrected chi connectivity index (χ1v) is 10.6. The third kappa shape index (κ3) is 5.24. The maximum absolute atomic E-state index is 13.9. The lowest BCUT2D eigenvalue weighted by molar-refractivity contribution is -0.137. The van der Waals surface area contributed by atoms with Crippen LogP contribution >= 0.6 is 0 Å². The van der Waals surface area contributed by atoms with Crippen molar-refractivity contribution in [1.82, 2.24) is 15.6 Å². The second-order valence-electron chi connectivity index (χ2n) is 7.81. The summed E-state index contributed by atoms with van der Waals surface area (Å²) < 4.78 is 53.3. The summed E-state index contributed by atoms with van der Waals surface area (Å²) in [7, 11) is 1.43. The van der Waals surface area contributed by atoms with Crippen LogP contribution in [0.4, 0.5) is 34.8 Å². The monoisotopic (exact) mass is 487 g/mol. The average Bonchev–Trinajstić information content (AvgIpc) is 3.05. The van der Waals surface area contributed by atoms with Crippen LogP contribution in [0.25, 0.3) is 0 Å². The van der Waals surface area contributed by atoms with Crippen LogP contribution in [0.2, 0.25) is 0 Å². The van der Waals surface area contributed by atoms with Crippen molar-refractivity contribution in [3.05, 3.63) is 82.8 Å². The van der Waals surface area contributed by atoms with Crippen molar-refractivity contribution in [3.8, 4) is 0 Å². The van der Waals surface area contributed by atoms with Gasteiger partial charge in [-0.2, -0.15) is 13.2 Å². The van der Waals surface area contributed by atoms with Gasteiger partial charge in [0.2, 0.25) is 0 Å². The summed E-state index contributed by atoms with van der Waals surface area (Å²) in [5.74, 6) is -2.36. The molecule has 4 rings (SSSR count). The molecular formula is C24H21F4N5O2. The van der Waals surface area contributed by atoms with E-state index >= 15 is 0 Å². The highest BCUT2D eigenvalue weighted by molar-refractivity contribution is 6.07. The predicted molar refractivity (Wildman–Crippen MR) is 122 cm³/mol. The topological polar surface area (TPSA) is 86.4 Å². The Labute approximate surface area is 198 Å². The third-order valence-corrected chi connectivity index (χ3v) is 5.46. The molecule has 1 aliphatic rings. The van der Waals surface area contributed by atoms with Gasteiger partial charge in [-0.05, 0) is 35.9 Å². The number of pyridine rings is 1. The molecule has 2 aromatic carbocycles. The van der Waals surface area contributed by atoms with Gasteiger partial charge in [-0.1, -0.05) is 18.2 Å². The molecule has 2 amide bonds. The Kier molecular flexibility index (Phi) is 6.70. The highest BCUT2D eigenvalue weighted by Gasteiger charge is 2.32. The van der Waals surface area contributed by atoms with Crippen LogP contribution in [0.3, 0.4) is 0 Å². The zero-order valence-electron chi connectivity index (χ0n) is 18.5. The summed E-state index contributed by atoms with van der Waals surface area (Å²) in [6.45, 7) is 1.65. The molecule has 0 atom stereocenters. The molecule has 0 saturated carbocycles. The second kappa shape index (κ2) is 9.71. The molecule has 35 heavy (non-hydrogen) atoms. The van der Waals surface area contributed by atoms with Crippen LogP contribution in [0.15, 0.2) is 54.7 Å². The number of aromatic nitrogens is 1. The molecule has 0 spiro atoms. The number of anilines is 3. The molecule has 1 aromatic heterocycles. The van der Waals surface area contributed by atoms with E-state index in [1.807, 2.05) is 29.2 Å². The Morgan fingerprint density at radius 1 is 1.06 bits per heavy atom. The highest BCUT2D eigenvalue weighted by atomic mass is 19.4. The van der Waals surface area contributed by atoms with E-state index in [0.29, 0.717) is 37.8 Å². The molecule has 182 valence electrons. The number of rotatable bonds is 4. The number of para-hydroxylation sites is 1. The average molecular weight is 487 g/mol. The number of alkyl halides is 3. The first-order valence-electron chi connectivity index (χ1n) is 10.6. The Hall–Kier alpha value is -3.99. The zero-order chi connectivity index (χ0) is 25.2. The van der Waals surface area contributed by atoms with Gasteiger partial charge in [0.15, 0.2) is 5.82 Å². The van der Waals surface area contributed by atoms with Gasteiger partial charge in [0.1, 0.15) is 5.82 Å². The Bertz CT molecular complexity index is 1280. The van der Waals surface area contributed by atoms with Gasteiger partial charge in [-0.3, -0.25) is 9.59 Å². The van der Waals surface area contributed by atoms with Crippen LogP contribution in [-0.4, -0.2) is 36.9 Å². The molecule has 7 nitrogen and oxygen atoms in total. The molecule has 11 heteroatoms. The predicted octanol–water partition coefficient (Wildman–Crippen LogP) is 4.09. The SMILES string of the molecule is CNC(=O)c1cnc(N2CCNCc3ccccc32)c(NC(=O)c2cc(F)cc(C(F)(F)F)c2)c1. The van der Waals surface area contributed by atoms with E-state index in [4.69, 9.17) is 0 Å². The number of carbonyl (C=O) groups excluding carboxylic acids is 2. The largest absolute Gasteiger partial charge is 0.416 e. The second-order valence-corrected chi connectivity index (χ2v) is 7.81. The minimum atomic E-state index is -4.83. The van der Waals surface area contributed by atoms with E-state index in [2.05, 4.69) is 20.9 Å². The van der Waals surface area contributed by atoms with Crippen molar-refractivity contribution in [2.75, 3.05) is 30.4 Å². The van der Waals surface area contributed by atoms with E-state index in [9.17, 15) is 27.2 Å². The summed E-state index contributed by atoms with van der Waals surface area (Å²) >= 11 is 0. The van der Waals surface area contributed by atoms with Crippen LogP contribution in [0, 0.1) is 5.82 Å². The van der Waals surface area contributed by atoms with E-state index in [0.717, 1.165) is 11.3 Å². The summed E-state index contributed by atoms with van der Waals surface area (Å²) in [5, 5.41) is 8.27. The maximum atomic E-state index is 13.9. The van der Waals surface area contributed by atoms with Crippen LogP contribution in [0.5, 0.6) is 0 Å². The molecule has 2 heterocycles. The lowest BCUT2D eigenvalue weighted by Crippen LogP contribution is -2.27. The number of benzene rings is 2. The van der Waals surface area contributed by atoms with Gasteiger partial charge >= 0.3 is 6.18 Å². The van der Waals surface area contributed by atoms with Crippen molar-refractivity contribution in [3.63, 3.8) is 0 Å². The number of hydrogen-bond donors (Lipinski definition) is 3. The number of nitrogens with one attached hydrogen (secondary N) is 3. The number of hydrogen-bond acceptors (Lipinski definition) is 5. The number of amides is 2. The van der Waals surface area contributed by atoms with E-state index in [1.54, 1.807) is 0 Å². The minimum absolute atomic E-state index is 0.0885. The molecule has 0 bridgehead atoms. The third-order valence-electron chi connectivity index (χ3n) is 5.46. The molecule has 3 N–H and O–H groups in total. The molecular weight excluding hydrogens is 466 g/mol. The lowest BCUT2D eigenvalue weighted by Gasteiger charge is -2.26. The fraction of sp³-hybridized carbons (Fsp3) is 0.208. The Balaban J connectivity index is 1.78. The molecule has 0 radical (unpaired) electrons. The van der Waals surface area contributed by atoms with Gasteiger partial charge in [0.05, 0.1) is 16.8 Å². The molecule has 0 aliphatic carbocycles. The van der Waals surface area contributed by atoms with Crippen molar-refractivity contribution in [2.45, 2.75) is 12.7 Å². The van der Waals surface area contributed by atoms with Crippen molar-refractivity contribution >= 4 is 29.0 Å². The zero-order valence-corrected chi connectivity index (χ0v) is 18.5. The first kappa shape index (κ1) is 24.1. The van der Waals surface area contributed by atoms with Crippen molar-refractivity contribution in [2.24, 2.45) is 0 Å². The van der Waals surface area contributed by atoms with Crippen LogP contribution < -0.4 is 20.9 Å². The molecule has 0 unspecified atom stereocenters. The molecule has 1 aliphatic heterocycles. The van der Waals surface area contributed by atoms with Crippen LogP contribution in [-0.2, 0) is 12.7 Å². The first-order chi connectivity index (χ1) is 16.7. The normalized spacial score (nSPS) is 13.6. The smallest absolute Gasteiger partial charge is 0.355 e. The molecule has 0 fully saturated rings. The maximum Gasteiger partial charge on any atom is 0.416 e. The van der Waals surface area contributed by atoms with E-state index < -0.39 is 34.9 Å². The highest BCUT2D eigenvalue weighted by Crippen LogP contribution is 2.35. The Morgan fingerprint density at radius 2 is 1.83 bits per heavy atom. The number of halogens is 4. The standard InChI is InChI=1S/C24H21F4N5O2/c1-29-22(34)16-10-19(32-23(35)15-8-17(24(26,27)28)11-18(25)9-15)21(31-13-16)33-7-6-30-12-14-4-2-3-5-20(14)33/h2-5,8-11,13,30H,6-7,12H2,1H3,(H,29,34)(H,32,35). The quantitative estimate of drug-likeness (QED) is 0.483. The summed E-state index contributed by atoms with van der Waals surface area (Å²) in [6.07, 6.45) is -3.49. The lowest BCUT2D eigenvalue weighted by atomic mass is 10.1. The van der Waals surface area contributed by atoms with Crippen molar-refractivity contribution < 1.29 is 27.2 Å². The fourth-order valence-electron chi connectivity index (χ4n) is 3.79. The van der Waals surface area contributed by atoms with E-state index in [-0.39, 0.29) is 17.1 Å². The Morgan fingerprint density at radius 3 is 2.57 bits per heavy atom. The minimum Gasteiger partial charge on any atom is -0.355 e. The fourth-order valence-corrected chi connectivity index (χ4v) is 3.79. The van der Waals surface area contributed by atoms with Gasteiger partial charge < -0.3 is 20.9 Å². The number of carbonyl (C=O) groups is 2. The van der Waals surface area contributed by atoms with Crippen molar-refractivity contribution in [1.29, 1.82) is 0 Å². The molecule has 0 saturated heterocycles. The summed E-state index contributed by atoms with van der Waals surface area (Å²) in [5.41, 5.74) is 0.200. The molecule has 3 aromatic rings. The number of fused-ring (bicyclic) bond motifs is 1. The van der Waals surface area contributed by atoms with Gasteiger partial charge in [-0.25, -0.2) is 9.37 Å². The summed E-state index contributed by atoms with van der Waals surface area (Å²) in [4.78, 5) is 31.4. The van der Waals surface area contributed by atoms with Gasteiger partial charge in [-0.15, -0.1) is 0 Å². The van der Waals surface area contributed by atoms with Crippen LogP contribution in [0.1, 0.15) is 31.8 Å².